The fraction of sp³-hybridized carbons (Fsp3) is 0.214. The molecule has 1 amide bonds. The summed E-state index contributed by atoms with van der Waals surface area (Å²) in [6.07, 6.45) is 9.87. The Hall–Kier alpha value is -3.22. The average Bonchev–Trinajstić information content (AvgIpc) is 2.92. The third-order valence-electron chi connectivity index (χ3n) is 6.79. The van der Waals surface area contributed by atoms with Crippen molar-refractivity contribution in [2.24, 2.45) is 0 Å². The van der Waals surface area contributed by atoms with Gasteiger partial charge in [-0.15, -0.1) is 0 Å². The molecule has 1 saturated heterocycles. The van der Waals surface area contributed by atoms with Crippen molar-refractivity contribution in [3.05, 3.63) is 103 Å². The number of carbonyl (C=O) groups excluding carboxylic acids is 1. The minimum absolute atomic E-state index is 0.0859. The highest BCUT2D eigenvalue weighted by molar-refractivity contribution is 8.00. The van der Waals surface area contributed by atoms with Crippen LogP contribution in [0.4, 0.5) is 5.69 Å². The summed E-state index contributed by atoms with van der Waals surface area (Å²) in [6, 6.07) is 17.9. The highest BCUT2D eigenvalue weighted by Gasteiger charge is 2.32. The second kappa shape index (κ2) is 11.7. The lowest BCUT2D eigenvalue weighted by Crippen LogP contribution is -2.59. The number of allylic oxidation sites excluding steroid dienone is 3. The van der Waals surface area contributed by atoms with E-state index < -0.39 is 0 Å². The number of aromatic nitrogens is 1. The Balaban J connectivity index is 1.34. The molecule has 3 aromatic rings. The molecule has 8 heteroatoms. The van der Waals surface area contributed by atoms with Crippen molar-refractivity contribution in [2.45, 2.75) is 17.2 Å². The molecule has 1 fully saturated rings. The Bertz CT molecular complexity index is 1280. The molecule has 0 aliphatic carbocycles. The van der Waals surface area contributed by atoms with E-state index in [1.165, 1.54) is 17.5 Å². The summed E-state index contributed by atoms with van der Waals surface area (Å²) < 4.78 is 3.38. The third-order valence-corrected chi connectivity index (χ3v) is 7.68. The molecule has 0 saturated carbocycles. The molecule has 182 valence electrons. The van der Waals surface area contributed by atoms with Gasteiger partial charge in [-0.1, -0.05) is 49.1 Å². The van der Waals surface area contributed by atoms with Gasteiger partial charge in [0.15, 0.2) is 0 Å². The molecular formula is C28H32B2N4OS. The number of carbonyl (C=O) groups is 1. The van der Waals surface area contributed by atoms with Crippen LogP contribution in [0.5, 0.6) is 0 Å². The lowest BCUT2D eigenvalue weighted by Gasteiger charge is -2.45. The Labute approximate surface area is 220 Å². The molecule has 0 radical (unpaired) electrons. The Morgan fingerprint density at radius 1 is 1.08 bits per heavy atom. The molecule has 4 rings (SSSR count). The summed E-state index contributed by atoms with van der Waals surface area (Å²) in [7, 11) is 4.48. The fourth-order valence-corrected chi connectivity index (χ4v) is 5.39. The van der Waals surface area contributed by atoms with Gasteiger partial charge in [0.25, 0.3) is 5.91 Å². The van der Waals surface area contributed by atoms with Crippen LogP contribution in [0.3, 0.4) is 0 Å². The highest BCUT2D eigenvalue weighted by Crippen LogP contribution is 2.28. The van der Waals surface area contributed by atoms with Gasteiger partial charge in [0.1, 0.15) is 15.7 Å². The Morgan fingerprint density at radius 3 is 2.50 bits per heavy atom. The maximum atomic E-state index is 13.2. The van der Waals surface area contributed by atoms with Crippen molar-refractivity contribution in [1.29, 1.82) is 0 Å². The van der Waals surface area contributed by atoms with E-state index in [2.05, 4.69) is 74.2 Å². The molecular weight excluding hydrogens is 462 g/mol. The van der Waals surface area contributed by atoms with E-state index in [0.717, 1.165) is 34.6 Å². The number of pyridine rings is 1. The molecule has 2 heterocycles. The monoisotopic (exact) mass is 494 g/mol. The summed E-state index contributed by atoms with van der Waals surface area (Å²) in [5, 5.41) is 1.01. The number of hydrogen-bond donors (Lipinski definition) is 1. The molecule has 0 atom stereocenters. The van der Waals surface area contributed by atoms with Gasteiger partial charge in [0.05, 0.1) is 10.4 Å². The van der Waals surface area contributed by atoms with Crippen LogP contribution in [0.15, 0.2) is 102 Å². The van der Waals surface area contributed by atoms with E-state index >= 15 is 0 Å². The van der Waals surface area contributed by atoms with Gasteiger partial charge < -0.3 is 14.5 Å². The fourth-order valence-electron chi connectivity index (χ4n) is 4.61. The van der Waals surface area contributed by atoms with Crippen LogP contribution in [-0.2, 0) is 0 Å². The van der Waals surface area contributed by atoms with E-state index in [0.29, 0.717) is 18.7 Å². The average molecular weight is 494 g/mol. The van der Waals surface area contributed by atoms with Gasteiger partial charge >= 0.3 is 0 Å². The Kier molecular flexibility index (Phi) is 8.39. The topological polar surface area (TPSA) is 48.5 Å². The number of rotatable bonds is 8. The van der Waals surface area contributed by atoms with E-state index in [4.69, 9.17) is 0 Å². The molecule has 5 nitrogen and oxygen atoms in total. The lowest BCUT2D eigenvalue weighted by atomic mass is 9.56. The molecule has 1 aliphatic heterocycles. The van der Waals surface area contributed by atoms with E-state index in [1.54, 1.807) is 6.08 Å². The first-order valence-electron chi connectivity index (χ1n) is 12.3. The maximum absolute atomic E-state index is 13.2. The van der Waals surface area contributed by atoms with Crippen LogP contribution >= 0.6 is 11.9 Å². The van der Waals surface area contributed by atoms with E-state index in [-0.39, 0.29) is 11.2 Å². The number of fused-ring (bicyclic) bond motifs is 1. The predicted octanol–water partition coefficient (Wildman–Crippen LogP) is 3.72. The van der Waals surface area contributed by atoms with Crippen LogP contribution < -0.4 is 4.72 Å². The van der Waals surface area contributed by atoms with Crippen LogP contribution in [-0.4, -0.2) is 67.9 Å². The minimum Gasteiger partial charge on any atom is -0.336 e. The minimum atomic E-state index is -0.103. The first kappa shape index (κ1) is 25.9. The molecule has 0 unspecified atom stereocenters. The zero-order chi connectivity index (χ0) is 25.5. The predicted molar refractivity (Wildman–Crippen MR) is 158 cm³/mol. The summed E-state index contributed by atoms with van der Waals surface area (Å²) in [5.74, 6) is 0.0859. The van der Waals surface area contributed by atoms with Crippen molar-refractivity contribution in [1.82, 2.24) is 14.8 Å². The van der Waals surface area contributed by atoms with Crippen molar-refractivity contribution >= 4 is 50.1 Å². The van der Waals surface area contributed by atoms with Gasteiger partial charge in [0.2, 0.25) is 0 Å². The maximum Gasteiger partial charge on any atom is 0.253 e. The first-order chi connectivity index (χ1) is 17.4. The molecule has 0 bridgehead atoms. The number of amides is 1. The van der Waals surface area contributed by atoms with Crippen molar-refractivity contribution in [3.63, 3.8) is 0 Å². The van der Waals surface area contributed by atoms with Gasteiger partial charge in [0, 0.05) is 49.0 Å². The molecule has 2 aromatic carbocycles. The van der Waals surface area contributed by atoms with Crippen molar-refractivity contribution in [3.8, 4) is 0 Å². The van der Waals surface area contributed by atoms with Crippen LogP contribution in [0.25, 0.3) is 10.9 Å². The number of nitrogens with zero attached hydrogens (tertiary/aromatic N) is 3. The molecule has 1 N–H and O–H groups in total. The third kappa shape index (κ3) is 5.77. The molecule has 36 heavy (non-hydrogen) atoms. The number of benzene rings is 2. The van der Waals surface area contributed by atoms with Crippen LogP contribution in [0.2, 0.25) is 0 Å². The zero-order valence-corrected chi connectivity index (χ0v) is 22.1. The van der Waals surface area contributed by atoms with Crippen LogP contribution in [0, 0.1) is 0 Å². The summed E-state index contributed by atoms with van der Waals surface area (Å²) in [5.41, 5.74) is 3.89. The summed E-state index contributed by atoms with van der Waals surface area (Å²) >= 11 is 1.53. The van der Waals surface area contributed by atoms with E-state index in [1.807, 2.05) is 53.6 Å². The van der Waals surface area contributed by atoms with Crippen LogP contribution in [0.1, 0.15) is 17.3 Å². The normalized spacial score (nSPS) is 15.4. The second-order valence-corrected chi connectivity index (χ2v) is 10.1. The number of para-hydroxylation sites is 1. The summed E-state index contributed by atoms with van der Waals surface area (Å²) in [6.45, 7) is 8.96. The number of nitrogens with one attached hydrogen (secondary N) is 1. The molecule has 0 spiro atoms. The molecule has 1 aromatic heterocycles. The largest absolute Gasteiger partial charge is 0.336 e. The lowest BCUT2D eigenvalue weighted by molar-refractivity contribution is 0.0615. The summed E-state index contributed by atoms with van der Waals surface area (Å²) in [4.78, 5) is 23.1. The Morgan fingerprint density at radius 2 is 1.81 bits per heavy atom. The van der Waals surface area contributed by atoms with Crippen molar-refractivity contribution in [2.75, 3.05) is 30.9 Å². The first-order valence-corrected chi connectivity index (χ1v) is 13.1. The van der Waals surface area contributed by atoms with Gasteiger partial charge in [-0.2, -0.15) is 0 Å². The van der Waals surface area contributed by atoms with Gasteiger partial charge in [-0.05, 0) is 66.2 Å². The standard InChI is InChI=1S/C28H32B2N4OS/c1-3-5-10-23(4-2)28(29,30)34-19-17-33(18-20-34)27(35)22-12-14-24(15-13-22)32-36-25-11-6-8-21-9-7-16-31-26(21)25/h3-16,32H,1,17-20,29-30H2,2H3/b10-5-,23-4+. The number of piperazine rings is 1. The number of anilines is 1. The zero-order valence-electron chi connectivity index (χ0n) is 21.3. The van der Waals surface area contributed by atoms with E-state index in [9.17, 15) is 4.79 Å². The van der Waals surface area contributed by atoms with Gasteiger partial charge in [-0.25, -0.2) is 0 Å². The SMILES string of the molecule is BC(B)(C(/C=C\C=C)=C/C)N1CCN(C(=O)c2ccc(NSc3cccc4cccnc34)cc2)CC1. The second-order valence-electron chi connectivity index (χ2n) is 9.29. The quantitative estimate of drug-likeness (QED) is 0.294. The smallest absolute Gasteiger partial charge is 0.253 e. The van der Waals surface area contributed by atoms with Gasteiger partial charge in [-0.3, -0.25) is 9.78 Å². The molecule has 1 aliphatic rings. The highest BCUT2D eigenvalue weighted by atomic mass is 32.2. The van der Waals surface area contributed by atoms with Crippen molar-refractivity contribution < 1.29 is 4.79 Å². The number of hydrogen-bond acceptors (Lipinski definition) is 5.